The van der Waals surface area contributed by atoms with Crippen LogP contribution in [0.25, 0.3) is 0 Å². The van der Waals surface area contributed by atoms with E-state index >= 15 is 0 Å². The van der Waals surface area contributed by atoms with Crippen molar-refractivity contribution in [3.05, 3.63) is 69.5 Å². The maximum absolute atomic E-state index is 14.5. The summed E-state index contributed by atoms with van der Waals surface area (Å²) in [5.41, 5.74) is 7.25. The summed E-state index contributed by atoms with van der Waals surface area (Å²) in [6.45, 7) is 1.40. The van der Waals surface area contributed by atoms with Crippen molar-refractivity contribution in [2.45, 2.75) is 6.61 Å². The highest BCUT2D eigenvalue weighted by Gasteiger charge is 2.29. The maximum Gasteiger partial charge on any atom is 0.225 e. The second-order valence-electron chi connectivity index (χ2n) is 7.90. The van der Waals surface area contributed by atoms with E-state index in [4.69, 9.17) is 39.1 Å². The molecule has 1 aliphatic rings. The molecule has 0 spiro atoms. The lowest BCUT2D eigenvalue weighted by Gasteiger charge is -2.38. The fourth-order valence-electron chi connectivity index (χ4n) is 3.56. The average molecular weight is 523 g/mol. The van der Waals surface area contributed by atoms with E-state index in [0.717, 1.165) is 19.2 Å². The van der Waals surface area contributed by atoms with Crippen LogP contribution in [0, 0.1) is 17.1 Å². The number of aromatic nitrogens is 3. The molecule has 3 N–H and O–H groups in total. The number of hydrogen-bond acceptors (Lipinski definition) is 8. The molecule has 1 unspecified atom stereocenters. The van der Waals surface area contributed by atoms with Gasteiger partial charge in [0.2, 0.25) is 5.95 Å². The normalized spacial score (nSPS) is 14.5. The predicted molar refractivity (Wildman–Crippen MR) is 132 cm³/mol. The number of nitrogens with two attached hydrogens (primary N) is 1. The van der Waals surface area contributed by atoms with E-state index in [0.29, 0.717) is 38.8 Å². The average Bonchev–Trinajstić information content (AvgIpc) is 2.76. The van der Waals surface area contributed by atoms with Crippen LogP contribution in [0.3, 0.4) is 0 Å². The Bertz CT molecular complexity index is 1230. The highest BCUT2D eigenvalue weighted by Crippen LogP contribution is 2.29. The van der Waals surface area contributed by atoms with Crippen molar-refractivity contribution >= 4 is 51.3 Å². The highest BCUT2D eigenvalue weighted by atomic mass is 35.5. The van der Waals surface area contributed by atoms with Crippen LogP contribution in [0.5, 0.6) is 5.75 Å². The van der Waals surface area contributed by atoms with Crippen molar-refractivity contribution in [3.63, 3.8) is 0 Å². The van der Waals surface area contributed by atoms with E-state index in [1.807, 2.05) is 4.90 Å². The minimum Gasteiger partial charge on any atom is -0.486 e. The molecule has 34 heavy (non-hydrogen) atoms. The lowest BCUT2D eigenvalue weighted by atomic mass is 10.0. The molecule has 1 saturated heterocycles. The van der Waals surface area contributed by atoms with Gasteiger partial charge in [0.15, 0.2) is 11.6 Å². The van der Waals surface area contributed by atoms with E-state index in [2.05, 4.69) is 15.0 Å². The zero-order valence-electron chi connectivity index (χ0n) is 18.1. The van der Waals surface area contributed by atoms with Gasteiger partial charge in [-0.25, -0.2) is 14.4 Å². The van der Waals surface area contributed by atoms with Gasteiger partial charge in [0, 0.05) is 95.0 Å². The molecule has 1 atom stereocenters. The topological polar surface area (TPSA) is 118 Å². The van der Waals surface area contributed by atoms with Crippen LogP contribution in [0.2, 0.25) is 10.0 Å². The number of halogens is 3. The molecule has 3 aromatic rings. The third-order valence-corrected chi connectivity index (χ3v) is 6.93. The summed E-state index contributed by atoms with van der Waals surface area (Å²) in [7, 11) is -0.828. The minimum absolute atomic E-state index is 0.0248. The molecule has 178 valence electrons. The third-order valence-electron chi connectivity index (χ3n) is 5.34. The largest absolute Gasteiger partial charge is 0.486 e. The van der Waals surface area contributed by atoms with Crippen LogP contribution in [-0.4, -0.2) is 50.0 Å². The van der Waals surface area contributed by atoms with E-state index in [-0.39, 0.29) is 29.3 Å². The molecule has 0 saturated carbocycles. The van der Waals surface area contributed by atoms with E-state index in [9.17, 15) is 8.60 Å². The van der Waals surface area contributed by atoms with Crippen LogP contribution in [-0.2, 0) is 17.4 Å². The zero-order valence-corrected chi connectivity index (χ0v) is 20.4. The Morgan fingerprint density at radius 1 is 1.24 bits per heavy atom. The van der Waals surface area contributed by atoms with Crippen LogP contribution < -0.4 is 15.4 Å². The van der Waals surface area contributed by atoms with Gasteiger partial charge in [-0.05, 0) is 6.07 Å². The second-order valence-corrected chi connectivity index (χ2v) is 10.2. The first kappa shape index (κ1) is 24.3. The predicted octanol–water partition coefficient (Wildman–Crippen LogP) is 3.71. The molecular formula is C22H21Cl2FN6O2S. The zero-order chi connectivity index (χ0) is 24.4. The number of anilines is 2. The Balaban J connectivity index is 1.48. The molecule has 0 bridgehead atoms. The first-order valence-corrected chi connectivity index (χ1v) is 12.7. The Morgan fingerprint density at radius 3 is 2.50 bits per heavy atom. The van der Waals surface area contributed by atoms with Crippen molar-refractivity contribution in [3.8, 4) is 5.75 Å². The van der Waals surface area contributed by atoms with Gasteiger partial charge in [0.25, 0.3) is 0 Å². The fraction of sp³-hybridized carbons (Fsp3) is 0.273. The molecule has 0 amide bonds. The van der Waals surface area contributed by atoms with Crippen molar-refractivity contribution in [1.82, 2.24) is 15.0 Å². The molecule has 4 rings (SSSR count). The molecule has 1 aromatic carbocycles. The lowest BCUT2D eigenvalue weighted by molar-refractivity contribution is 0.290. The maximum atomic E-state index is 14.5. The highest BCUT2D eigenvalue weighted by molar-refractivity contribution is 7.84. The number of nitrogens with one attached hydrogen (secondary N) is 1. The van der Waals surface area contributed by atoms with Crippen LogP contribution in [0.15, 0.2) is 36.9 Å². The SMILES string of the molecule is CS(=O)CC1CN(c2ncc(C(=N)c3cc(OCc4c(Cl)cncc4Cl)c(F)cc3N)cn2)C1. The van der Waals surface area contributed by atoms with Gasteiger partial charge in [-0.3, -0.25) is 14.6 Å². The molecule has 1 fully saturated rings. The smallest absolute Gasteiger partial charge is 0.225 e. The second kappa shape index (κ2) is 10.2. The molecule has 8 nitrogen and oxygen atoms in total. The Hall–Kier alpha value is -2.82. The van der Waals surface area contributed by atoms with Crippen molar-refractivity contribution < 1.29 is 13.3 Å². The Kier molecular flexibility index (Phi) is 7.30. The molecule has 1 aliphatic heterocycles. The Labute approximate surface area is 208 Å². The van der Waals surface area contributed by atoms with Gasteiger partial charge in [-0.2, -0.15) is 0 Å². The fourth-order valence-corrected chi connectivity index (χ4v) is 4.91. The molecule has 0 aliphatic carbocycles. The van der Waals surface area contributed by atoms with Gasteiger partial charge < -0.3 is 15.4 Å². The lowest BCUT2D eigenvalue weighted by Crippen LogP contribution is -2.49. The van der Waals surface area contributed by atoms with Crippen molar-refractivity contribution in [2.24, 2.45) is 5.92 Å². The number of nitrogens with zero attached hydrogens (tertiary/aromatic N) is 4. The summed E-state index contributed by atoms with van der Waals surface area (Å²) in [5.74, 6) is 0.781. The van der Waals surface area contributed by atoms with Gasteiger partial charge in [0.1, 0.15) is 6.61 Å². The number of hydrogen-bond donors (Lipinski definition) is 2. The molecule has 12 heteroatoms. The molecule has 2 aromatic heterocycles. The van der Waals surface area contributed by atoms with Crippen LogP contribution in [0.1, 0.15) is 16.7 Å². The van der Waals surface area contributed by atoms with Crippen molar-refractivity contribution in [1.29, 1.82) is 5.41 Å². The summed E-state index contributed by atoms with van der Waals surface area (Å²) >= 11 is 12.2. The van der Waals surface area contributed by atoms with Crippen molar-refractivity contribution in [2.75, 3.05) is 35.7 Å². The van der Waals surface area contributed by atoms with Crippen LogP contribution in [0.4, 0.5) is 16.0 Å². The van der Waals surface area contributed by atoms with Crippen LogP contribution >= 0.6 is 23.2 Å². The Morgan fingerprint density at radius 2 is 1.88 bits per heavy atom. The van der Waals surface area contributed by atoms with Gasteiger partial charge in [-0.15, -0.1) is 0 Å². The monoisotopic (exact) mass is 522 g/mol. The number of pyridine rings is 1. The molecular weight excluding hydrogens is 502 g/mol. The number of nitrogen functional groups attached to an aromatic ring is 1. The van der Waals surface area contributed by atoms with E-state index in [1.54, 1.807) is 6.26 Å². The minimum atomic E-state index is -0.828. The van der Waals surface area contributed by atoms with Gasteiger partial charge >= 0.3 is 0 Å². The summed E-state index contributed by atoms with van der Waals surface area (Å²) in [6, 6.07) is 2.46. The van der Waals surface area contributed by atoms with Gasteiger partial charge in [0.05, 0.1) is 15.8 Å². The molecule has 3 heterocycles. The first-order chi connectivity index (χ1) is 16.2. The molecule has 0 radical (unpaired) electrons. The quantitative estimate of drug-likeness (QED) is 0.341. The first-order valence-electron chi connectivity index (χ1n) is 10.2. The van der Waals surface area contributed by atoms with Gasteiger partial charge in [-0.1, -0.05) is 23.2 Å². The summed E-state index contributed by atoms with van der Waals surface area (Å²) in [6.07, 6.45) is 7.58. The summed E-state index contributed by atoms with van der Waals surface area (Å²) < 4.78 is 31.4. The summed E-state index contributed by atoms with van der Waals surface area (Å²) in [4.78, 5) is 14.5. The summed E-state index contributed by atoms with van der Waals surface area (Å²) in [5, 5.41) is 9.15. The van der Waals surface area contributed by atoms with E-state index in [1.165, 1.54) is 30.9 Å². The number of ether oxygens (including phenoxy) is 1. The van der Waals surface area contributed by atoms with E-state index < -0.39 is 16.6 Å². The standard InChI is InChI=1S/C22H21Cl2FN6O2S/c1-34(32)11-12-8-31(9-12)22-29-4-13(5-30-22)21(27)14-2-20(18(25)3-19(14)26)33-10-15-16(23)6-28-7-17(15)24/h2-7,12,27H,8-11,26H2,1H3. The number of benzene rings is 1. The number of rotatable bonds is 8. The third kappa shape index (κ3) is 5.29.